The number of hydrogen-bond donors (Lipinski definition) is 1. The van der Waals surface area contributed by atoms with Crippen LogP contribution in [-0.4, -0.2) is 4.98 Å². The fraction of sp³-hybridized carbons (Fsp3) is 0.0952. The van der Waals surface area contributed by atoms with Crippen molar-refractivity contribution in [2.24, 2.45) is 0 Å². The molecule has 1 aromatic heterocycles. The van der Waals surface area contributed by atoms with Crippen LogP contribution in [0.25, 0.3) is 21.9 Å². The van der Waals surface area contributed by atoms with E-state index in [4.69, 9.17) is 0 Å². The van der Waals surface area contributed by atoms with E-state index < -0.39 is 0 Å². The van der Waals surface area contributed by atoms with Crippen LogP contribution >= 0.6 is 0 Å². The van der Waals surface area contributed by atoms with Gasteiger partial charge in [0.1, 0.15) is 0 Å². The minimum atomic E-state index is -0.345. The largest absolute Gasteiger partial charge is 0.342 e. The van der Waals surface area contributed by atoms with E-state index in [9.17, 15) is 0 Å². The van der Waals surface area contributed by atoms with Gasteiger partial charge in [-0.1, -0.05) is 49.1 Å². The number of rotatable bonds is 4. The number of allylic oxidation sites excluding steroid dienone is 3. The van der Waals surface area contributed by atoms with Gasteiger partial charge in [0.25, 0.3) is 0 Å². The molecule has 0 radical (unpaired) electrons. The van der Waals surface area contributed by atoms with Crippen molar-refractivity contribution >= 4 is 16.6 Å². The van der Waals surface area contributed by atoms with Gasteiger partial charge in [-0.3, -0.25) is 0 Å². The van der Waals surface area contributed by atoms with E-state index in [-0.39, 0.29) is 11.6 Å². The molecule has 120 valence electrons. The summed E-state index contributed by atoms with van der Waals surface area (Å²) in [5.41, 5.74) is 3.01. The minimum Gasteiger partial charge on any atom is -0.342 e. The third-order valence-corrected chi connectivity index (χ3v) is 3.93. The Balaban J connectivity index is 2.11. The van der Waals surface area contributed by atoms with Crippen LogP contribution in [0.3, 0.4) is 0 Å². The molecule has 1 heterocycles. The maximum absolute atomic E-state index is 15.0. The van der Waals surface area contributed by atoms with E-state index in [0.717, 1.165) is 27.6 Å². The molecule has 3 heteroatoms. The van der Waals surface area contributed by atoms with Crippen molar-refractivity contribution in [3.8, 4) is 11.1 Å². The number of fused-ring (bicyclic) bond motifs is 1. The van der Waals surface area contributed by atoms with Gasteiger partial charge < -0.3 is 5.32 Å². The molecule has 0 saturated heterocycles. The number of hydrogen-bond acceptors (Lipinski definition) is 2. The van der Waals surface area contributed by atoms with Gasteiger partial charge in [-0.25, -0.2) is 9.37 Å². The first-order valence-corrected chi connectivity index (χ1v) is 7.81. The van der Waals surface area contributed by atoms with Crippen molar-refractivity contribution in [1.29, 1.82) is 0 Å². The molecule has 3 aromatic rings. The summed E-state index contributed by atoms with van der Waals surface area (Å²) in [4.78, 5) is 4.19. The average molecular weight is 318 g/mol. The molecule has 1 N–H and O–H groups in total. The molecule has 0 bridgehead atoms. The van der Waals surface area contributed by atoms with Gasteiger partial charge in [-0.15, -0.1) is 0 Å². The predicted molar refractivity (Wildman–Crippen MR) is 99.5 cm³/mol. The zero-order chi connectivity index (χ0) is 17.1. The second-order valence-corrected chi connectivity index (χ2v) is 5.75. The molecule has 0 saturated carbocycles. The highest BCUT2D eigenvalue weighted by molar-refractivity contribution is 5.88. The van der Waals surface area contributed by atoms with E-state index in [1.165, 1.54) is 0 Å². The van der Waals surface area contributed by atoms with Crippen molar-refractivity contribution in [3.05, 3.63) is 84.5 Å². The van der Waals surface area contributed by atoms with Gasteiger partial charge in [0.2, 0.25) is 0 Å². The maximum Gasteiger partial charge on any atom is 0.173 e. The van der Waals surface area contributed by atoms with Crippen molar-refractivity contribution in [2.45, 2.75) is 13.8 Å². The zero-order valence-electron chi connectivity index (χ0n) is 13.8. The van der Waals surface area contributed by atoms with Crippen LogP contribution in [-0.2, 0) is 0 Å². The molecule has 2 aromatic carbocycles. The van der Waals surface area contributed by atoms with Crippen molar-refractivity contribution < 1.29 is 4.39 Å². The summed E-state index contributed by atoms with van der Waals surface area (Å²) in [6, 6.07) is 14.0. The number of anilines is 1. The Morgan fingerprint density at radius 3 is 2.67 bits per heavy atom. The third-order valence-electron chi connectivity index (χ3n) is 3.93. The topological polar surface area (TPSA) is 24.9 Å². The number of aryl methyl sites for hydroxylation is 1. The van der Waals surface area contributed by atoms with Crippen molar-refractivity contribution in [3.63, 3.8) is 0 Å². The van der Waals surface area contributed by atoms with Crippen molar-refractivity contribution in [2.75, 3.05) is 5.32 Å². The highest BCUT2D eigenvalue weighted by Crippen LogP contribution is 2.32. The summed E-state index contributed by atoms with van der Waals surface area (Å²) in [5, 5.41) is 5.21. The molecule has 0 aliphatic rings. The van der Waals surface area contributed by atoms with Gasteiger partial charge in [0.05, 0.1) is 0 Å². The zero-order valence-corrected chi connectivity index (χ0v) is 13.8. The van der Waals surface area contributed by atoms with Crippen LogP contribution < -0.4 is 5.32 Å². The smallest absolute Gasteiger partial charge is 0.173 e. The van der Waals surface area contributed by atoms with E-state index >= 15 is 4.39 Å². The normalized spacial score (nSPS) is 11.5. The molecule has 3 rings (SSSR count). The van der Waals surface area contributed by atoms with Crippen LogP contribution in [0.5, 0.6) is 0 Å². The average Bonchev–Trinajstić information content (AvgIpc) is 2.58. The summed E-state index contributed by atoms with van der Waals surface area (Å²) < 4.78 is 15.0. The molecule has 0 amide bonds. The van der Waals surface area contributed by atoms with E-state index in [0.29, 0.717) is 5.56 Å². The molecule has 0 spiro atoms. The summed E-state index contributed by atoms with van der Waals surface area (Å²) >= 11 is 0. The van der Waals surface area contributed by atoms with Crippen LogP contribution in [0.15, 0.2) is 73.1 Å². The predicted octanol–water partition coefficient (Wildman–Crippen LogP) is 5.85. The molecule has 24 heavy (non-hydrogen) atoms. The van der Waals surface area contributed by atoms with Gasteiger partial charge in [-0.2, -0.15) is 0 Å². The fourth-order valence-electron chi connectivity index (χ4n) is 2.77. The molecule has 0 aliphatic heterocycles. The third kappa shape index (κ3) is 3.06. The van der Waals surface area contributed by atoms with Crippen LogP contribution in [0, 0.1) is 12.7 Å². The quantitative estimate of drug-likeness (QED) is 0.610. The lowest BCUT2D eigenvalue weighted by atomic mass is 9.98. The van der Waals surface area contributed by atoms with E-state index in [1.54, 1.807) is 18.3 Å². The second kappa shape index (κ2) is 6.67. The summed E-state index contributed by atoms with van der Waals surface area (Å²) in [7, 11) is 0. The summed E-state index contributed by atoms with van der Waals surface area (Å²) in [6.07, 6.45) is 5.12. The molecule has 0 fully saturated rings. The maximum atomic E-state index is 15.0. The first-order chi connectivity index (χ1) is 11.6. The van der Waals surface area contributed by atoms with E-state index in [1.807, 2.05) is 56.3 Å². The van der Waals surface area contributed by atoms with Crippen LogP contribution in [0.1, 0.15) is 12.5 Å². The Hall–Kier alpha value is -2.94. The first kappa shape index (κ1) is 15.9. The Bertz CT molecular complexity index is 942. The SMILES string of the molecule is C=C/C=C(\C)Nc1ncc(C)c(-c2ccc3ccccc3c2)c1F. The van der Waals surface area contributed by atoms with Gasteiger partial charge >= 0.3 is 0 Å². The number of halogens is 1. The second-order valence-electron chi connectivity index (χ2n) is 5.75. The van der Waals surface area contributed by atoms with Gasteiger partial charge in [0.15, 0.2) is 11.6 Å². The standard InChI is InChI=1S/C21H19FN2/c1-4-7-15(3)24-21-20(22)19(14(2)13-23-21)18-11-10-16-8-5-6-9-17(16)12-18/h4-13H,1H2,2-3H3,(H,23,24)/b15-7+. The Morgan fingerprint density at radius 1 is 1.17 bits per heavy atom. The number of pyridine rings is 1. The Labute approximate surface area is 141 Å². The molecular formula is C21H19FN2. The lowest BCUT2D eigenvalue weighted by Gasteiger charge is -2.13. The minimum absolute atomic E-state index is 0.222. The Kier molecular flexibility index (Phi) is 4.43. The van der Waals surface area contributed by atoms with Crippen LogP contribution in [0.4, 0.5) is 10.2 Å². The number of nitrogens with zero attached hydrogens (tertiary/aromatic N) is 1. The highest BCUT2D eigenvalue weighted by atomic mass is 19.1. The molecule has 0 atom stereocenters. The van der Waals surface area contributed by atoms with Gasteiger partial charge in [-0.05, 0) is 47.9 Å². The lowest BCUT2D eigenvalue weighted by Crippen LogP contribution is -2.03. The van der Waals surface area contributed by atoms with Crippen LogP contribution in [0.2, 0.25) is 0 Å². The lowest BCUT2D eigenvalue weighted by molar-refractivity contribution is 0.628. The molecule has 0 unspecified atom stereocenters. The van der Waals surface area contributed by atoms with E-state index in [2.05, 4.69) is 16.9 Å². The summed E-state index contributed by atoms with van der Waals surface area (Å²) in [5.74, 6) is -0.124. The number of aromatic nitrogens is 1. The summed E-state index contributed by atoms with van der Waals surface area (Å²) in [6.45, 7) is 7.36. The monoisotopic (exact) mass is 318 g/mol. The fourth-order valence-corrected chi connectivity index (χ4v) is 2.77. The van der Waals surface area contributed by atoms with Crippen molar-refractivity contribution in [1.82, 2.24) is 4.98 Å². The first-order valence-electron chi connectivity index (χ1n) is 7.81. The number of benzene rings is 2. The van der Waals surface area contributed by atoms with Gasteiger partial charge in [0, 0.05) is 17.5 Å². The molecular weight excluding hydrogens is 299 g/mol. The number of nitrogens with one attached hydrogen (secondary N) is 1. The highest BCUT2D eigenvalue weighted by Gasteiger charge is 2.15. The Morgan fingerprint density at radius 2 is 1.92 bits per heavy atom. The molecule has 0 aliphatic carbocycles. The molecule has 2 nitrogen and oxygen atoms in total.